The van der Waals surface area contributed by atoms with Crippen molar-refractivity contribution in [3.8, 4) is 0 Å². The van der Waals surface area contributed by atoms with Gasteiger partial charge in [-0.1, -0.05) is 0 Å². The Balaban J connectivity index is 1.77. The molecular formula is C12H16N4OS. The number of nitrogens with zero attached hydrogens (tertiary/aromatic N) is 4. The van der Waals surface area contributed by atoms with Gasteiger partial charge in [0, 0.05) is 50.2 Å². The van der Waals surface area contributed by atoms with Crippen LogP contribution in [0.5, 0.6) is 0 Å². The lowest BCUT2D eigenvalue weighted by atomic mass is 10.2. The van der Waals surface area contributed by atoms with Gasteiger partial charge in [-0.15, -0.1) is 0 Å². The number of amides is 1. The Bertz CT molecular complexity index is 471. The molecule has 18 heavy (non-hydrogen) atoms. The average molecular weight is 264 g/mol. The Morgan fingerprint density at radius 2 is 2.00 bits per heavy atom. The highest BCUT2D eigenvalue weighted by molar-refractivity contribution is 7.98. The summed E-state index contributed by atoms with van der Waals surface area (Å²) in [5.74, 6) is 3.25. The van der Waals surface area contributed by atoms with E-state index in [0.717, 1.165) is 43.5 Å². The monoisotopic (exact) mass is 264 g/mol. The lowest BCUT2D eigenvalue weighted by Gasteiger charge is -2.35. The fourth-order valence-corrected chi connectivity index (χ4v) is 3.51. The number of hydrogen-bond acceptors (Lipinski definition) is 5. The van der Waals surface area contributed by atoms with Gasteiger partial charge in [0.2, 0.25) is 5.91 Å². The summed E-state index contributed by atoms with van der Waals surface area (Å²) in [6, 6.07) is 0. The highest BCUT2D eigenvalue weighted by Crippen LogP contribution is 2.33. The Morgan fingerprint density at radius 3 is 2.72 bits per heavy atom. The molecule has 3 rings (SSSR count). The van der Waals surface area contributed by atoms with Gasteiger partial charge in [-0.05, 0) is 0 Å². The predicted octanol–water partition coefficient (Wildman–Crippen LogP) is 0.892. The van der Waals surface area contributed by atoms with Crippen molar-refractivity contribution < 1.29 is 4.79 Å². The molecule has 0 aliphatic carbocycles. The van der Waals surface area contributed by atoms with Crippen LogP contribution in [-0.2, 0) is 16.3 Å². The van der Waals surface area contributed by atoms with Crippen molar-refractivity contribution >= 4 is 23.5 Å². The Hall–Kier alpha value is -1.30. The maximum atomic E-state index is 11.3. The van der Waals surface area contributed by atoms with E-state index in [4.69, 9.17) is 0 Å². The number of carbonyl (C=O) groups is 1. The van der Waals surface area contributed by atoms with Crippen LogP contribution in [0.1, 0.15) is 18.2 Å². The summed E-state index contributed by atoms with van der Waals surface area (Å²) in [4.78, 5) is 24.3. The van der Waals surface area contributed by atoms with Crippen LogP contribution >= 0.6 is 11.8 Å². The van der Waals surface area contributed by atoms with Gasteiger partial charge < -0.3 is 9.80 Å². The molecule has 6 heteroatoms. The smallest absolute Gasteiger partial charge is 0.219 e. The quantitative estimate of drug-likeness (QED) is 0.754. The third-order valence-electron chi connectivity index (χ3n) is 3.52. The molecule has 0 bridgehead atoms. The SMILES string of the molecule is CC(=O)N1CCN(c2ncnc3c2CSC3)CC1. The summed E-state index contributed by atoms with van der Waals surface area (Å²) in [5, 5.41) is 0. The summed E-state index contributed by atoms with van der Waals surface area (Å²) in [6.07, 6.45) is 1.66. The molecule has 2 aliphatic heterocycles. The Morgan fingerprint density at radius 1 is 1.22 bits per heavy atom. The highest BCUT2D eigenvalue weighted by Gasteiger charge is 2.25. The highest BCUT2D eigenvalue weighted by atomic mass is 32.2. The number of carbonyl (C=O) groups excluding carboxylic acids is 1. The van der Waals surface area contributed by atoms with Crippen molar-refractivity contribution in [1.29, 1.82) is 0 Å². The number of hydrogen-bond donors (Lipinski definition) is 0. The van der Waals surface area contributed by atoms with Gasteiger partial charge in [0.25, 0.3) is 0 Å². The van der Waals surface area contributed by atoms with Crippen molar-refractivity contribution in [3.05, 3.63) is 17.6 Å². The van der Waals surface area contributed by atoms with Crippen molar-refractivity contribution in [1.82, 2.24) is 14.9 Å². The first-order valence-electron chi connectivity index (χ1n) is 6.16. The molecule has 5 nitrogen and oxygen atoms in total. The van der Waals surface area contributed by atoms with Crippen LogP contribution < -0.4 is 4.90 Å². The van der Waals surface area contributed by atoms with Crippen molar-refractivity contribution in [2.24, 2.45) is 0 Å². The zero-order valence-electron chi connectivity index (χ0n) is 10.4. The first kappa shape index (κ1) is 11.8. The van der Waals surface area contributed by atoms with Crippen LogP contribution in [-0.4, -0.2) is 47.0 Å². The van der Waals surface area contributed by atoms with Gasteiger partial charge in [-0.3, -0.25) is 4.79 Å². The lowest BCUT2D eigenvalue weighted by Crippen LogP contribution is -2.48. The number of aromatic nitrogens is 2. The second-order valence-electron chi connectivity index (χ2n) is 4.61. The van der Waals surface area contributed by atoms with Crippen LogP contribution in [0, 0.1) is 0 Å². The predicted molar refractivity (Wildman–Crippen MR) is 71.5 cm³/mol. The van der Waals surface area contributed by atoms with E-state index in [1.54, 1.807) is 13.3 Å². The number of rotatable bonds is 1. The minimum Gasteiger partial charge on any atom is -0.353 e. The molecule has 0 N–H and O–H groups in total. The molecule has 0 radical (unpaired) electrons. The Kier molecular flexibility index (Phi) is 3.11. The van der Waals surface area contributed by atoms with E-state index in [9.17, 15) is 4.79 Å². The number of piperazine rings is 1. The van der Waals surface area contributed by atoms with Crippen molar-refractivity contribution in [3.63, 3.8) is 0 Å². The van der Waals surface area contributed by atoms with Crippen molar-refractivity contribution in [2.75, 3.05) is 31.1 Å². The van der Waals surface area contributed by atoms with E-state index in [2.05, 4.69) is 14.9 Å². The molecule has 1 aromatic heterocycles. The molecule has 0 atom stereocenters. The second kappa shape index (κ2) is 4.76. The van der Waals surface area contributed by atoms with Crippen LogP contribution in [0.3, 0.4) is 0 Å². The molecule has 1 amide bonds. The average Bonchev–Trinajstić information content (AvgIpc) is 2.87. The summed E-state index contributed by atoms with van der Waals surface area (Å²) >= 11 is 1.89. The molecule has 96 valence electrons. The van der Waals surface area contributed by atoms with Gasteiger partial charge in [-0.25, -0.2) is 9.97 Å². The molecule has 0 unspecified atom stereocenters. The largest absolute Gasteiger partial charge is 0.353 e. The third kappa shape index (κ3) is 2.05. The normalized spacial score (nSPS) is 18.9. The molecule has 3 heterocycles. The van der Waals surface area contributed by atoms with Crippen molar-refractivity contribution in [2.45, 2.75) is 18.4 Å². The van der Waals surface area contributed by atoms with E-state index in [1.807, 2.05) is 16.7 Å². The van der Waals surface area contributed by atoms with Gasteiger partial charge in [-0.2, -0.15) is 11.8 Å². The fourth-order valence-electron chi connectivity index (χ4n) is 2.47. The first-order valence-corrected chi connectivity index (χ1v) is 7.32. The summed E-state index contributed by atoms with van der Waals surface area (Å²) in [6.45, 7) is 4.96. The third-order valence-corrected chi connectivity index (χ3v) is 4.49. The van der Waals surface area contributed by atoms with E-state index in [1.165, 1.54) is 11.3 Å². The molecule has 2 aliphatic rings. The molecule has 0 spiro atoms. The van der Waals surface area contributed by atoms with Crippen LogP contribution in [0.15, 0.2) is 6.33 Å². The standard InChI is InChI=1S/C12H16N4OS/c1-9(17)15-2-4-16(5-3-15)12-10-6-18-7-11(10)13-8-14-12/h8H,2-7H2,1H3. The van der Waals surface area contributed by atoms with Crippen LogP contribution in [0.25, 0.3) is 0 Å². The summed E-state index contributed by atoms with van der Waals surface area (Å²) in [5.41, 5.74) is 2.47. The zero-order valence-corrected chi connectivity index (χ0v) is 11.2. The minimum absolute atomic E-state index is 0.165. The Labute approximate surface area is 111 Å². The molecule has 1 saturated heterocycles. The first-order chi connectivity index (χ1) is 8.75. The number of thioether (sulfide) groups is 1. The topological polar surface area (TPSA) is 49.3 Å². The van der Waals surface area contributed by atoms with Gasteiger partial charge in [0.05, 0.1) is 5.69 Å². The van der Waals surface area contributed by atoms with E-state index in [0.29, 0.717) is 0 Å². The molecular weight excluding hydrogens is 248 g/mol. The van der Waals surface area contributed by atoms with Gasteiger partial charge >= 0.3 is 0 Å². The molecule has 0 aromatic carbocycles. The molecule has 1 fully saturated rings. The van der Waals surface area contributed by atoms with Gasteiger partial charge in [0.15, 0.2) is 0 Å². The van der Waals surface area contributed by atoms with Crippen LogP contribution in [0.4, 0.5) is 5.82 Å². The maximum absolute atomic E-state index is 11.3. The lowest BCUT2D eigenvalue weighted by molar-refractivity contribution is -0.129. The maximum Gasteiger partial charge on any atom is 0.219 e. The molecule has 0 saturated carbocycles. The van der Waals surface area contributed by atoms with E-state index >= 15 is 0 Å². The van der Waals surface area contributed by atoms with Gasteiger partial charge in [0.1, 0.15) is 12.1 Å². The number of fused-ring (bicyclic) bond motifs is 1. The second-order valence-corrected chi connectivity index (χ2v) is 5.59. The van der Waals surface area contributed by atoms with E-state index in [-0.39, 0.29) is 5.91 Å². The molecule has 1 aromatic rings. The fraction of sp³-hybridized carbons (Fsp3) is 0.583. The zero-order chi connectivity index (χ0) is 12.5. The summed E-state index contributed by atoms with van der Waals surface area (Å²) in [7, 11) is 0. The number of anilines is 1. The van der Waals surface area contributed by atoms with Crippen LogP contribution in [0.2, 0.25) is 0 Å². The summed E-state index contributed by atoms with van der Waals surface area (Å²) < 4.78 is 0. The van der Waals surface area contributed by atoms with E-state index < -0.39 is 0 Å². The minimum atomic E-state index is 0.165.